The summed E-state index contributed by atoms with van der Waals surface area (Å²) in [5.41, 5.74) is 5.36. The van der Waals surface area contributed by atoms with Gasteiger partial charge in [-0.1, -0.05) is 18.2 Å². The lowest BCUT2D eigenvalue weighted by Crippen LogP contribution is -2.36. The summed E-state index contributed by atoms with van der Waals surface area (Å²) in [7, 11) is 1.68. The SMILES string of the molecule is COc1ccc(N2CCCN(C(=O)Cc3c(C)nc4ccccc4c3C)CC2)cc1. The van der Waals surface area contributed by atoms with Crippen LogP contribution in [-0.2, 0) is 11.2 Å². The molecule has 0 unspecified atom stereocenters. The van der Waals surface area contributed by atoms with Crippen molar-refractivity contribution in [3.63, 3.8) is 0 Å². The smallest absolute Gasteiger partial charge is 0.227 e. The van der Waals surface area contributed by atoms with Crippen LogP contribution in [0.15, 0.2) is 48.5 Å². The van der Waals surface area contributed by atoms with Crippen molar-refractivity contribution in [2.75, 3.05) is 38.2 Å². The molecule has 1 aliphatic heterocycles. The molecule has 2 heterocycles. The van der Waals surface area contributed by atoms with Gasteiger partial charge in [0.25, 0.3) is 0 Å². The van der Waals surface area contributed by atoms with Crippen molar-refractivity contribution in [1.29, 1.82) is 0 Å². The van der Waals surface area contributed by atoms with Crippen LogP contribution in [0.1, 0.15) is 23.2 Å². The molecule has 4 rings (SSSR count). The number of hydrogen-bond acceptors (Lipinski definition) is 4. The molecule has 0 N–H and O–H groups in total. The van der Waals surface area contributed by atoms with E-state index in [-0.39, 0.29) is 5.91 Å². The van der Waals surface area contributed by atoms with E-state index < -0.39 is 0 Å². The second kappa shape index (κ2) is 8.74. The molecule has 1 aromatic heterocycles. The van der Waals surface area contributed by atoms with Crippen LogP contribution in [0.4, 0.5) is 5.69 Å². The van der Waals surface area contributed by atoms with Gasteiger partial charge >= 0.3 is 0 Å². The lowest BCUT2D eigenvalue weighted by Gasteiger charge is -2.24. The summed E-state index contributed by atoms with van der Waals surface area (Å²) in [6.07, 6.45) is 1.38. The zero-order valence-corrected chi connectivity index (χ0v) is 18.0. The van der Waals surface area contributed by atoms with Gasteiger partial charge in [-0.15, -0.1) is 0 Å². The Kier molecular flexibility index (Phi) is 5.88. The zero-order valence-electron chi connectivity index (χ0n) is 18.0. The summed E-state index contributed by atoms with van der Waals surface area (Å²) < 4.78 is 5.26. The molecule has 156 valence electrons. The van der Waals surface area contributed by atoms with Crippen LogP contribution in [0.2, 0.25) is 0 Å². The van der Waals surface area contributed by atoms with Crippen molar-refractivity contribution >= 4 is 22.5 Å². The highest BCUT2D eigenvalue weighted by Crippen LogP contribution is 2.24. The molecule has 5 nitrogen and oxygen atoms in total. The normalized spacial score (nSPS) is 14.6. The average molecular weight is 404 g/mol. The van der Waals surface area contributed by atoms with E-state index in [1.807, 2.05) is 42.2 Å². The molecule has 1 fully saturated rings. The van der Waals surface area contributed by atoms with Gasteiger partial charge in [-0.25, -0.2) is 0 Å². The molecule has 0 spiro atoms. The molecule has 0 bridgehead atoms. The van der Waals surface area contributed by atoms with Crippen LogP contribution in [0.25, 0.3) is 10.9 Å². The van der Waals surface area contributed by atoms with Gasteiger partial charge in [-0.2, -0.15) is 0 Å². The average Bonchev–Trinajstić information content (AvgIpc) is 3.03. The van der Waals surface area contributed by atoms with E-state index in [9.17, 15) is 4.79 Å². The Labute approximate surface area is 178 Å². The van der Waals surface area contributed by atoms with Crippen molar-refractivity contribution in [2.24, 2.45) is 0 Å². The highest BCUT2D eigenvalue weighted by Gasteiger charge is 2.21. The number of nitrogens with zero attached hydrogens (tertiary/aromatic N) is 3. The van der Waals surface area contributed by atoms with Gasteiger partial charge in [0.1, 0.15) is 5.75 Å². The molecule has 3 aromatic rings. The summed E-state index contributed by atoms with van der Waals surface area (Å²) in [6.45, 7) is 7.44. The minimum atomic E-state index is 0.190. The third kappa shape index (κ3) is 4.11. The number of fused-ring (bicyclic) bond motifs is 1. The lowest BCUT2D eigenvalue weighted by atomic mass is 9.99. The maximum atomic E-state index is 13.2. The number of anilines is 1. The number of amides is 1. The van der Waals surface area contributed by atoms with Gasteiger partial charge < -0.3 is 14.5 Å². The number of methoxy groups -OCH3 is 1. The second-order valence-electron chi connectivity index (χ2n) is 7.91. The number of aromatic nitrogens is 1. The summed E-state index contributed by atoms with van der Waals surface area (Å²) >= 11 is 0. The standard InChI is InChI=1S/C25H29N3O2/c1-18-22-7-4-5-8-24(22)26-19(2)23(18)17-25(29)28-14-6-13-27(15-16-28)20-9-11-21(30-3)12-10-20/h4-5,7-12H,6,13-17H2,1-3H3. The molecule has 1 amide bonds. The highest BCUT2D eigenvalue weighted by atomic mass is 16.5. The third-order valence-corrected chi connectivity index (χ3v) is 6.10. The Morgan fingerprint density at radius 3 is 2.53 bits per heavy atom. The van der Waals surface area contributed by atoms with Crippen LogP contribution in [-0.4, -0.2) is 49.1 Å². The van der Waals surface area contributed by atoms with Crippen molar-refractivity contribution in [2.45, 2.75) is 26.7 Å². The van der Waals surface area contributed by atoms with E-state index in [0.29, 0.717) is 6.42 Å². The minimum Gasteiger partial charge on any atom is -0.497 e. The van der Waals surface area contributed by atoms with E-state index in [2.05, 4.69) is 30.0 Å². The number of rotatable bonds is 4. The van der Waals surface area contributed by atoms with E-state index >= 15 is 0 Å². The lowest BCUT2D eigenvalue weighted by molar-refractivity contribution is -0.130. The fraction of sp³-hybridized carbons (Fsp3) is 0.360. The first-order chi connectivity index (χ1) is 14.6. The van der Waals surface area contributed by atoms with Crippen LogP contribution in [0.5, 0.6) is 5.75 Å². The van der Waals surface area contributed by atoms with Gasteiger partial charge in [-0.3, -0.25) is 9.78 Å². The molecule has 5 heteroatoms. The van der Waals surface area contributed by atoms with Crippen LogP contribution < -0.4 is 9.64 Å². The first-order valence-electron chi connectivity index (χ1n) is 10.6. The van der Waals surface area contributed by atoms with Gasteiger partial charge in [-0.05, 0) is 61.7 Å². The summed E-state index contributed by atoms with van der Waals surface area (Å²) in [5.74, 6) is 1.05. The number of para-hydroxylation sites is 1. The van der Waals surface area contributed by atoms with E-state index in [4.69, 9.17) is 9.72 Å². The van der Waals surface area contributed by atoms with E-state index in [1.165, 1.54) is 11.3 Å². The molecule has 30 heavy (non-hydrogen) atoms. The van der Waals surface area contributed by atoms with E-state index in [1.54, 1.807) is 7.11 Å². The monoisotopic (exact) mass is 403 g/mol. The van der Waals surface area contributed by atoms with Crippen LogP contribution in [0, 0.1) is 13.8 Å². The Balaban J connectivity index is 1.46. The van der Waals surface area contributed by atoms with Gasteiger partial charge in [0.05, 0.1) is 19.0 Å². The highest BCUT2D eigenvalue weighted by molar-refractivity contribution is 5.86. The van der Waals surface area contributed by atoms with Gasteiger partial charge in [0.15, 0.2) is 0 Å². The predicted octanol–water partition coefficient (Wildman–Crippen LogP) is 4.14. The fourth-order valence-corrected chi connectivity index (χ4v) is 4.31. The summed E-state index contributed by atoms with van der Waals surface area (Å²) in [6, 6.07) is 16.3. The minimum absolute atomic E-state index is 0.190. The molecular formula is C25H29N3O2. The molecule has 1 saturated heterocycles. The summed E-state index contributed by atoms with van der Waals surface area (Å²) in [4.78, 5) is 22.2. The number of benzene rings is 2. The number of hydrogen-bond donors (Lipinski definition) is 0. The first kappa shape index (κ1) is 20.2. The second-order valence-corrected chi connectivity index (χ2v) is 7.91. The Morgan fingerprint density at radius 1 is 1.00 bits per heavy atom. The Bertz CT molecular complexity index is 1050. The van der Waals surface area contributed by atoms with E-state index in [0.717, 1.165) is 60.5 Å². The molecule has 1 aliphatic rings. The molecule has 2 aromatic carbocycles. The molecule has 0 aliphatic carbocycles. The molecular weight excluding hydrogens is 374 g/mol. The molecule has 0 radical (unpaired) electrons. The van der Waals surface area contributed by atoms with Crippen molar-refractivity contribution in [3.05, 3.63) is 65.4 Å². The number of pyridine rings is 1. The maximum absolute atomic E-state index is 13.2. The van der Waals surface area contributed by atoms with Crippen molar-refractivity contribution < 1.29 is 9.53 Å². The largest absolute Gasteiger partial charge is 0.497 e. The zero-order chi connectivity index (χ0) is 21.1. The summed E-state index contributed by atoms with van der Waals surface area (Å²) in [5, 5.41) is 1.13. The number of ether oxygens (including phenoxy) is 1. The number of carbonyl (C=O) groups excluding carboxylic acids is 1. The maximum Gasteiger partial charge on any atom is 0.227 e. The number of aryl methyl sites for hydroxylation is 2. The van der Waals surface area contributed by atoms with Crippen molar-refractivity contribution in [1.82, 2.24) is 9.88 Å². The van der Waals surface area contributed by atoms with Gasteiger partial charge in [0, 0.05) is 42.9 Å². The molecule has 0 saturated carbocycles. The fourth-order valence-electron chi connectivity index (χ4n) is 4.31. The van der Waals surface area contributed by atoms with Crippen LogP contribution in [0.3, 0.4) is 0 Å². The predicted molar refractivity (Wildman–Crippen MR) is 121 cm³/mol. The third-order valence-electron chi connectivity index (χ3n) is 6.10. The topological polar surface area (TPSA) is 45.7 Å². The first-order valence-corrected chi connectivity index (χ1v) is 10.6. The number of carbonyl (C=O) groups is 1. The van der Waals surface area contributed by atoms with Gasteiger partial charge in [0.2, 0.25) is 5.91 Å². The Hall–Kier alpha value is -3.08. The van der Waals surface area contributed by atoms with Crippen LogP contribution >= 0.6 is 0 Å². The molecule has 0 atom stereocenters. The van der Waals surface area contributed by atoms with Crippen molar-refractivity contribution in [3.8, 4) is 5.75 Å². The Morgan fingerprint density at radius 2 is 1.77 bits per heavy atom. The quantitative estimate of drug-likeness (QED) is 0.657.